The van der Waals surface area contributed by atoms with Crippen LogP contribution >= 0.6 is 0 Å². The van der Waals surface area contributed by atoms with Gasteiger partial charge in [0.05, 0.1) is 18.8 Å². The van der Waals surface area contributed by atoms with E-state index in [1.54, 1.807) is 6.20 Å². The third kappa shape index (κ3) is 4.94. The van der Waals surface area contributed by atoms with Gasteiger partial charge >= 0.3 is 0 Å². The first kappa shape index (κ1) is 15.1. The number of hydrogen-bond acceptors (Lipinski definition) is 3. The molecular weight excluding hydrogens is 262 g/mol. The van der Waals surface area contributed by atoms with Gasteiger partial charge in [0, 0.05) is 25.2 Å². The van der Waals surface area contributed by atoms with Gasteiger partial charge in [-0.05, 0) is 36.2 Å². The average molecular weight is 281 g/mol. The molecule has 0 spiro atoms. The quantitative estimate of drug-likeness (QED) is 0.857. The van der Waals surface area contributed by atoms with Gasteiger partial charge in [-0.3, -0.25) is 4.98 Å². The molecule has 2 aromatic rings. The van der Waals surface area contributed by atoms with Gasteiger partial charge in [-0.25, -0.2) is 0 Å². The fourth-order valence-corrected chi connectivity index (χ4v) is 1.91. The highest BCUT2D eigenvalue weighted by Gasteiger charge is 2.02. The topological polar surface area (TPSA) is 42.4 Å². The minimum Gasteiger partial charge on any atom is -0.492 e. The van der Waals surface area contributed by atoms with Crippen molar-refractivity contribution >= 4 is 0 Å². The summed E-state index contributed by atoms with van der Waals surface area (Å²) < 4.78 is 5.83. The van der Waals surface area contributed by atoms with E-state index in [0.717, 1.165) is 28.9 Å². The number of benzene rings is 1. The molecule has 3 nitrogen and oxygen atoms in total. The minimum absolute atomic E-state index is 0.0794. The summed E-state index contributed by atoms with van der Waals surface area (Å²) in [7, 11) is 0. The molecule has 0 radical (unpaired) electrons. The van der Waals surface area contributed by atoms with Crippen LogP contribution in [-0.2, 0) is 6.42 Å². The summed E-state index contributed by atoms with van der Waals surface area (Å²) in [5.74, 6) is 6.78. The van der Waals surface area contributed by atoms with Crippen LogP contribution in [0.15, 0.2) is 42.7 Å². The van der Waals surface area contributed by atoms with Crippen LogP contribution in [0.25, 0.3) is 0 Å². The molecule has 1 aromatic heterocycles. The molecule has 0 unspecified atom stereocenters. The Morgan fingerprint density at radius 3 is 2.95 bits per heavy atom. The Morgan fingerprint density at radius 2 is 2.19 bits per heavy atom. The van der Waals surface area contributed by atoms with Crippen LogP contribution in [0.4, 0.5) is 0 Å². The van der Waals surface area contributed by atoms with Crippen LogP contribution in [0, 0.1) is 18.8 Å². The summed E-state index contributed by atoms with van der Waals surface area (Å²) in [4.78, 5) is 4.09. The smallest absolute Gasteiger partial charge is 0.134 e. The standard InChI is InChI=1S/C18H19NO2/c1-15-7-8-18(17(13-15)6-2-3-11-20)21-12-9-16-5-4-10-19-14-16/h4-5,7-8,10,13-14,20H,3,9,11-12H2,1H3. The van der Waals surface area contributed by atoms with Gasteiger partial charge in [0.15, 0.2) is 0 Å². The summed E-state index contributed by atoms with van der Waals surface area (Å²) in [5.41, 5.74) is 3.16. The Balaban J connectivity index is 2.01. The number of rotatable bonds is 5. The molecule has 0 aliphatic heterocycles. The molecule has 0 fully saturated rings. The second-order valence-corrected chi connectivity index (χ2v) is 4.73. The maximum atomic E-state index is 8.80. The van der Waals surface area contributed by atoms with E-state index in [-0.39, 0.29) is 6.61 Å². The predicted molar refractivity (Wildman–Crippen MR) is 83.2 cm³/mol. The van der Waals surface area contributed by atoms with Crippen LogP contribution < -0.4 is 4.74 Å². The molecule has 21 heavy (non-hydrogen) atoms. The van der Waals surface area contributed by atoms with E-state index in [2.05, 4.69) is 16.8 Å². The summed E-state index contributed by atoms with van der Waals surface area (Å²) in [6.45, 7) is 2.69. The number of aliphatic hydroxyl groups is 1. The molecule has 0 saturated heterocycles. The van der Waals surface area contributed by atoms with E-state index >= 15 is 0 Å². The van der Waals surface area contributed by atoms with Crippen molar-refractivity contribution in [3.05, 3.63) is 59.4 Å². The van der Waals surface area contributed by atoms with Crippen molar-refractivity contribution in [1.82, 2.24) is 4.98 Å². The second kappa shape index (κ2) is 8.08. The third-order valence-corrected chi connectivity index (χ3v) is 2.97. The zero-order chi connectivity index (χ0) is 14.9. The van der Waals surface area contributed by atoms with Crippen molar-refractivity contribution in [1.29, 1.82) is 0 Å². The second-order valence-electron chi connectivity index (χ2n) is 4.73. The monoisotopic (exact) mass is 281 g/mol. The zero-order valence-electron chi connectivity index (χ0n) is 12.2. The van der Waals surface area contributed by atoms with Crippen molar-refractivity contribution in [3.63, 3.8) is 0 Å². The molecule has 0 aliphatic rings. The van der Waals surface area contributed by atoms with Gasteiger partial charge < -0.3 is 9.84 Å². The molecule has 108 valence electrons. The average Bonchev–Trinajstić information content (AvgIpc) is 2.51. The lowest BCUT2D eigenvalue weighted by atomic mass is 10.1. The van der Waals surface area contributed by atoms with Gasteiger partial charge in [0.25, 0.3) is 0 Å². The number of ether oxygens (including phenoxy) is 1. The Hall–Kier alpha value is -2.31. The summed E-state index contributed by atoms with van der Waals surface area (Å²) in [5, 5.41) is 8.80. The predicted octanol–water partition coefficient (Wildman–Crippen LogP) is 2.75. The highest BCUT2D eigenvalue weighted by molar-refractivity contribution is 5.48. The number of aromatic nitrogens is 1. The van der Waals surface area contributed by atoms with E-state index in [1.807, 2.05) is 43.5 Å². The van der Waals surface area contributed by atoms with Crippen molar-refractivity contribution in [2.45, 2.75) is 19.8 Å². The normalized spacial score (nSPS) is 9.81. The zero-order valence-corrected chi connectivity index (χ0v) is 12.2. The number of aliphatic hydroxyl groups excluding tert-OH is 1. The third-order valence-electron chi connectivity index (χ3n) is 2.97. The summed E-state index contributed by atoms with van der Waals surface area (Å²) in [6, 6.07) is 9.92. The van der Waals surface area contributed by atoms with Crippen LogP contribution in [0.3, 0.4) is 0 Å². The highest BCUT2D eigenvalue weighted by atomic mass is 16.5. The molecule has 0 aliphatic carbocycles. The van der Waals surface area contributed by atoms with Gasteiger partial charge in [0.1, 0.15) is 5.75 Å². The van der Waals surface area contributed by atoms with Crippen LogP contribution in [-0.4, -0.2) is 23.3 Å². The molecule has 0 atom stereocenters. The van der Waals surface area contributed by atoms with E-state index in [1.165, 1.54) is 0 Å². The first-order valence-electron chi connectivity index (χ1n) is 7.01. The molecule has 2 rings (SSSR count). The largest absolute Gasteiger partial charge is 0.492 e. The number of nitrogens with zero attached hydrogens (tertiary/aromatic N) is 1. The lowest BCUT2D eigenvalue weighted by molar-refractivity contribution is 0.305. The fraction of sp³-hybridized carbons (Fsp3) is 0.278. The molecular formula is C18H19NO2. The van der Waals surface area contributed by atoms with Crippen molar-refractivity contribution in [2.24, 2.45) is 0 Å². The van der Waals surface area contributed by atoms with Crippen LogP contribution in [0.5, 0.6) is 5.75 Å². The first-order chi connectivity index (χ1) is 10.3. The molecule has 3 heteroatoms. The fourth-order valence-electron chi connectivity index (χ4n) is 1.91. The maximum absolute atomic E-state index is 8.80. The van der Waals surface area contributed by atoms with Gasteiger partial charge in [0.2, 0.25) is 0 Å². The molecule has 0 amide bonds. The van der Waals surface area contributed by atoms with Crippen LogP contribution in [0.2, 0.25) is 0 Å². The minimum atomic E-state index is 0.0794. The molecule has 1 aromatic carbocycles. The Morgan fingerprint density at radius 1 is 1.29 bits per heavy atom. The summed E-state index contributed by atoms with van der Waals surface area (Å²) >= 11 is 0. The van der Waals surface area contributed by atoms with E-state index < -0.39 is 0 Å². The maximum Gasteiger partial charge on any atom is 0.134 e. The number of hydrogen-bond donors (Lipinski definition) is 1. The van der Waals surface area contributed by atoms with E-state index in [9.17, 15) is 0 Å². The molecule has 1 heterocycles. The lowest BCUT2D eigenvalue weighted by Gasteiger charge is -2.09. The van der Waals surface area contributed by atoms with Crippen molar-refractivity contribution < 1.29 is 9.84 Å². The van der Waals surface area contributed by atoms with Crippen LogP contribution in [0.1, 0.15) is 23.1 Å². The highest BCUT2D eigenvalue weighted by Crippen LogP contribution is 2.19. The molecule has 0 saturated carbocycles. The number of pyridine rings is 1. The Labute approximate surface area is 125 Å². The molecule has 0 bridgehead atoms. The van der Waals surface area contributed by atoms with Gasteiger partial charge in [-0.1, -0.05) is 24.0 Å². The van der Waals surface area contributed by atoms with E-state index in [0.29, 0.717) is 13.0 Å². The lowest BCUT2D eigenvalue weighted by Crippen LogP contribution is -2.03. The Kier molecular flexibility index (Phi) is 5.81. The van der Waals surface area contributed by atoms with Crippen molar-refractivity contribution in [3.8, 4) is 17.6 Å². The van der Waals surface area contributed by atoms with Gasteiger partial charge in [-0.15, -0.1) is 0 Å². The van der Waals surface area contributed by atoms with E-state index in [4.69, 9.17) is 9.84 Å². The van der Waals surface area contributed by atoms with Crippen molar-refractivity contribution in [2.75, 3.05) is 13.2 Å². The van der Waals surface area contributed by atoms with Gasteiger partial charge in [-0.2, -0.15) is 0 Å². The summed E-state index contributed by atoms with van der Waals surface area (Å²) in [6.07, 6.45) is 4.90. The molecule has 1 N–H and O–H groups in total. The SMILES string of the molecule is Cc1ccc(OCCc2cccnc2)c(C#CCCO)c1. The first-order valence-corrected chi connectivity index (χ1v) is 7.01. The number of aryl methyl sites for hydroxylation is 1. The Bertz CT molecular complexity index is 627.